The van der Waals surface area contributed by atoms with Crippen molar-refractivity contribution in [3.8, 4) is 0 Å². The summed E-state index contributed by atoms with van der Waals surface area (Å²) in [5.74, 6) is -0.153. The summed E-state index contributed by atoms with van der Waals surface area (Å²) in [7, 11) is 0. The fraction of sp³-hybridized carbons (Fsp3) is 0.909. The second-order valence-electron chi connectivity index (χ2n) is 4.26. The third-order valence-electron chi connectivity index (χ3n) is 3.26. The zero-order chi connectivity index (χ0) is 10.9. The Labute approximate surface area is 89.9 Å². The van der Waals surface area contributed by atoms with Crippen LogP contribution in [-0.4, -0.2) is 25.2 Å². The zero-order valence-corrected chi connectivity index (χ0v) is 9.32. The van der Waals surface area contributed by atoms with Crippen molar-refractivity contribution >= 4 is 5.97 Å². The lowest BCUT2D eigenvalue weighted by Gasteiger charge is -2.43. The predicted molar refractivity (Wildman–Crippen MR) is 53.0 cm³/mol. The van der Waals surface area contributed by atoms with Gasteiger partial charge in [-0.3, -0.25) is 4.79 Å². The standard InChI is InChI=1S/C11H18O4/c1-3-13-9(12)11(6-4-5-7-11)10-14-8(2)15-10/h8,10H,3-7H2,1-2H3. The largest absolute Gasteiger partial charge is 0.465 e. The zero-order valence-electron chi connectivity index (χ0n) is 9.32. The van der Waals surface area contributed by atoms with E-state index in [1.54, 1.807) is 0 Å². The van der Waals surface area contributed by atoms with Gasteiger partial charge in [0.15, 0.2) is 12.6 Å². The third kappa shape index (κ3) is 1.76. The number of ether oxygens (including phenoxy) is 3. The van der Waals surface area contributed by atoms with E-state index < -0.39 is 5.41 Å². The van der Waals surface area contributed by atoms with Gasteiger partial charge in [0.05, 0.1) is 6.61 Å². The minimum Gasteiger partial charge on any atom is -0.465 e. The SMILES string of the molecule is CCOC(=O)C1(C2OC(C)O2)CCCC1. The van der Waals surface area contributed by atoms with E-state index in [1.165, 1.54) is 0 Å². The molecule has 0 N–H and O–H groups in total. The summed E-state index contributed by atoms with van der Waals surface area (Å²) in [6, 6.07) is 0. The molecule has 15 heavy (non-hydrogen) atoms. The monoisotopic (exact) mass is 214 g/mol. The van der Waals surface area contributed by atoms with Crippen LogP contribution in [-0.2, 0) is 19.0 Å². The van der Waals surface area contributed by atoms with Crippen LogP contribution < -0.4 is 0 Å². The molecule has 1 aliphatic carbocycles. The van der Waals surface area contributed by atoms with Crippen molar-refractivity contribution in [3.05, 3.63) is 0 Å². The summed E-state index contributed by atoms with van der Waals surface area (Å²) < 4.78 is 16.1. The summed E-state index contributed by atoms with van der Waals surface area (Å²) in [6.45, 7) is 4.08. The molecule has 0 atom stereocenters. The number of hydrogen-bond acceptors (Lipinski definition) is 4. The van der Waals surface area contributed by atoms with Crippen LogP contribution in [0, 0.1) is 5.41 Å². The van der Waals surface area contributed by atoms with Gasteiger partial charge in [0.1, 0.15) is 5.41 Å². The van der Waals surface area contributed by atoms with Crippen LogP contribution >= 0.6 is 0 Å². The minimum atomic E-state index is -0.525. The lowest BCUT2D eigenvalue weighted by atomic mass is 9.84. The third-order valence-corrected chi connectivity index (χ3v) is 3.26. The van der Waals surface area contributed by atoms with Crippen molar-refractivity contribution in [3.63, 3.8) is 0 Å². The van der Waals surface area contributed by atoms with Crippen LogP contribution in [0.1, 0.15) is 39.5 Å². The van der Waals surface area contributed by atoms with Crippen molar-refractivity contribution < 1.29 is 19.0 Å². The number of esters is 1. The predicted octanol–water partition coefficient (Wildman–Crippen LogP) is 1.83. The average Bonchev–Trinajstić information content (AvgIpc) is 2.63. The second kappa shape index (κ2) is 4.10. The van der Waals surface area contributed by atoms with E-state index in [2.05, 4.69) is 0 Å². The lowest BCUT2D eigenvalue weighted by Crippen LogP contribution is -2.53. The van der Waals surface area contributed by atoms with Crippen LogP contribution in [0.2, 0.25) is 0 Å². The highest BCUT2D eigenvalue weighted by molar-refractivity contribution is 5.77. The molecule has 0 spiro atoms. The molecule has 86 valence electrons. The summed E-state index contributed by atoms with van der Waals surface area (Å²) >= 11 is 0. The minimum absolute atomic E-state index is 0.153. The summed E-state index contributed by atoms with van der Waals surface area (Å²) in [4.78, 5) is 11.9. The number of hydrogen-bond donors (Lipinski definition) is 0. The highest BCUT2D eigenvalue weighted by atomic mass is 16.9. The molecule has 0 aromatic rings. The molecule has 0 radical (unpaired) electrons. The molecule has 1 saturated heterocycles. The van der Waals surface area contributed by atoms with Gasteiger partial charge in [-0.15, -0.1) is 0 Å². The van der Waals surface area contributed by atoms with E-state index in [4.69, 9.17) is 14.2 Å². The van der Waals surface area contributed by atoms with Crippen LogP contribution in [0.15, 0.2) is 0 Å². The first-order valence-corrected chi connectivity index (χ1v) is 5.67. The molecule has 4 nitrogen and oxygen atoms in total. The molecule has 2 fully saturated rings. The number of rotatable bonds is 3. The number of carbonyl (C=O) groups is 1. The molecule has 1 heterocycles. The van der Waals surface area contributed by atoms with E-state index >= 15 is 0 Å². The van der Waals surface area contributed by atoms with Crippen molar-refractivity contribution in [1.82, 2.24) is 0 Å². The fourth-order valence-corrected chi connectivity index (χ4v) is 2.44. The Morgan fingerprint density at radius 3 is 2.47 bits per heavy atom. The smallest absolute Gasteiger partial charge is 0.317 e. The highest BCUT2D eigenvalue weighted by Crippen LogP contribution is 2.47. The summed E-state index contributed by atoms with van der Waals surface area (Å²) in [5.41, 5.74) is -0.525. The van der Waals surface area contributed by atoms with Crippen molar-refractivity contribution in [1.29, 1.82) is 0 Å². The molecule has 4 heteroatoms. The van der Waals surface area contributed by atoms with Gasteiger partial charge in [-0.05, 0) is 26.7 Å². The molecule has 0 amide bonds. The summed E-state index contributed by atoms with van der Waals surface area (Å²) in [6.07, 6.45) is 3.19. The molecule has 0 bridgehead atoms. The molecule has 2 aliphatic rings. The van der Waals surface area contributed by atoms with Gasteiger partial charge in [-0.1, -0.05) is 12.8 Å². The van der Waals surface area contributed by atoms with Crippen LogP contribution in [0.5, 0.6) is 0 Å². The van der Waals surface area contributed by atoms with E-state index in [0.29, 0.717) is 6.61 Å². The molecule has 0 aromatic carbocycles. The van der Waals surface area contributed by atoms with Gasteiger partial charge in [-0.2, -0.15) is 0 Å². The fourth-order valence-electron chi connectivity index (χ4n) is 2.44. The molecule has 0 unspecified atom stereocenters. The average molecular weight is 214 g/mol. The van der Waals surface area contributed by atoms with E-state index in [-0.39, 0.29) is 18.5 Å². The Hall–Kier alpha value is -0.610. The summed E-state index contributed by atoms with van der Waals surface area (Å²) in [5, 5.41) is 0. The molecule has 0 aromatic heterocycles. The molecular formula is C11H18O4. The highest BCUT2D eigenvalue weighted by Gasteiger charge is 2.55. The van der Waals surface area contributed by atoms with Crippen LogP contribution in [0.3, 0.4) is 0 Å². The molecular weight excluding hydrogens is 196 g/mol. The topological polar surface area (TPSA) is 44.8 Å². The Balaban J connectivity index is 2.06. The van der Waals surface area contributed by atoms with Gasteiger partial charge in [0.2, 0.25) is 0 Å². The maximum Gasteiger partial charge on any atom is 0.317 e. The van der Waals surface area contributed by atoms with Crippen LogP contribution in [0.25, 0.3) is 0 Å². The number of carbonyl (C=O) groups excluding carboxylic acids is 1. The van der Waals surface area contributed by atoms with Crippen LogP contribution in [0.4, 0.5) is 0 Å². The Morgan fingerprint density at radius 2 is 2.00 bits per heavy atom. The van der Waals surface area contributed by atoms with Crippen molar-refractivity contribution in [2.75, 3.05) is 6.61 Å². The molecule has 2 rings (SSSR count). The molecule has 1 saturated carbocycles. The van der Waals surface area contributed by atoms with E-state index in [9.17, 15) is 4.79 Å². The first-order chi connectivity index (χ1) is 7.19. The van der Waals surface area contributed by atoms with Gasteiger partial charge in [-0.25, -0.2) is 0 Å². The van der Waals surface area contributed by atoms with Crippen molar-refractivity contribution in [2.24, 2.45) is 5.41 Å². The van der Waals surface area contributed by atoms with E-state index in [0.717, 1.165) is 25.7 Å². The van der Waals surface area contributed by atoms with Gasteiger partial charge >= 0.3 is 5.97 Å². The Bertz CT molecular complexity index is 239. The normalized spacial score (nSPS) is 33.5. The lowest BCUT2D eigenvalue weighted by molar-refractivity contribution is -0.405. The quantitative estimate of drug-likeness (QED) is 0.672. The van der Waals surface area contributed by atoms with Crippen molar-refractivity contribution in [2.45, 2.75) is 52.1 Å². The Kier molecular flexibility index (Phi) is 2.98. The first kappa shape index (κ1) is 10.9. The maximum atomic E-state index is 11.9. The van der Waals surface area contributed by atoms with Gasteiger partial charge < -0.3 is 14.2 Å². The van der Waals surface area contributed by atoms with Gasteiger partial charge in [0, 0.05) is 0 Å². The van der Waals surface area contributed by atoms with E-state index in [1.807, 2.05) is 13.8 Å². The molecule has 1 aliphatic heterocycles. The Morgan fingerprint density at radius 1 is 1.40 bits per heavy atom. The van der Waals surface area contributed by atoms with Gasteiger partial charge in [0.25, 0.3) is 0 Å². The maximum absolute atomic E-state index is 11.9. The second-order valence-corrected chi connectivity index (χ2v) is 4.26. The first-order valence-electron chi connectivity index (χ1n) is 5.67.